The number of thioether (sulfide) groups is 1. The van der Waals surface area contributed by atoms with Gasteiger partial charge in [-0.2, -0.15) is 0 Å². The van der Waals surface area contributed by atoms with Crippen LogP contribution < -0.4 is 16.2 Å². The molecule has 2 rings (SSSR count). The summed E-state index contributed by atoms with van der Waals surface area (Å²) in [7, 11) is 0. The lowest BCUT2D eigenvalue weighted by atomic mass is 10.2. The fourth-order valence-electron chi connectivity index (χ4n) is 1.63. The molecule has 22 heavy (non-hydrogen) atoms. The van der Waals surface area contributed by atoms with Crippen LogP contribution in [0.1, 0.15) is 6.92 Å². The smallest absolute Gasteiger partial charge is 0.251 e. The number of nitrogens with zero attached hydrogens (tertiary/aromatic N) is 1. The van der Waals surface area contributed by atoms with Gasteiger partial charge >= 0.3 is 0 Å². The molecule has 0 spiro atoms. The number of rotatable bonds is 5. The van der Waals surface area contributed by atoms with Crippen LogP contribution >= 0.6 is 11.8 Å². The summed E-state index contributed by atoms with van der Waals surface area (Å²) >= 11 is 1.13. The number of anilines is 2. The highest BCUT2D eigenvalue weighted by Gasteiger charge is 2.06. The predicted octanol–water partition coefficient (Wildman–Crippen LogP) is 1.46. The molecule has 0 saturated carbocycles. The Morgan fingerprint density at radius 2 is 1.95 bits per heavy atom. The van der Waals surface area contributed by atoms with Crippen molar-refractivity contribution in [3.05, 3.63) is 46.9 Å². The first kappa shape index (κ1) is 15.8. The first-order chi connectivity index (χ1) is 10.5. The van der Waals surface area contributed by atoms with Crippen molar-refractivity contribution >= 4 is 35.0 Å². The first-order valence-electron chi connectivity index (χ1n) is 6.38. The van der Waals surface area contributed by atoms with E-state index in [4.69, 9.17) is 0 Å². The second kappa shape index (κ2) is 7.41. The second-order valence-corrected chi connectivity index (χ2v) is 5.30. The summed E-state index contributed by atoms with van der Waals surface area (Å²) in [6, 6.07) is 8.13. The number of aromatic nitrogens is 2. The Bertz CT molecular complexity index is 745. The van der Waals surface area contributed by atoms with Crippen LogP contribution in [0.15, 0.2) is 46.5 Å². The summed E-state index contributed by atoms with van der Waals surface area (Å²) in [4.78, 5) is 40.4. The molecule has 2 aromatic rings. The summed E-state index contributed by atoms with van der Waals surface area (Å²) in [6.45, 7) is 1.41. The van der Waals surface area contributed by atoms with E-state index >= 15 is 0 Å². The number of amides is 2. The highest BCUT2D eigenvalue weighted by molar-refractivity contribution is 7.99. The molecule has 114 valence electrons. The number of hydrogen-bond donors (Lipinski definition) is 3. The quantitative estimate of drug-likeness (QED) is 0.572. The lowest BCUT2D eigenvalue weighted by molar-refractivity contribution is -0.114. The number of benzene rings is 1. The molecule has 0 radical (unpaired) electrons. The molecule has 2 amide bonds. The van der Waals surface area contributed by atoms with Gasteiger partial charge in [0.15, 0.2) is 5.16 Å². The maximum absolute atomic E-state index is 11.9. The molecule has 0 atom stereocenters. The van der Waals surface area contributed by atoms with Crippen LogP contribution in [0.3, 0.4) is 0 Å². The Morgan fingerprint density at radius 3 is 2.64 bits per heavy atom. The van der Waals surface area contributed by atoms with Crippen LogP contribution in [0.5, 0.6) is 0 Å². The van der Waals surface area contributed by atoms with Crippen molar-refractivity contribution in [2.75, 3.05) is 16.4 Å². The van der Waals surface area contributed by atoms with E-state index in [0.29, 0.717) is 16.5 Å². The highest BCUT2D eigenvalue weighted by atomic mass is 32.2. The van der Waals surface area contributed by atoms with Crippen LogP contribution in [-0.4, -0.2) is 27.5 Å². The second-order valence-electron chi connectivity index (χ2n) is 4.34. The van der Waals surface area contributed by atoms with Crippen LogP contribution in [0.4, 0.5) is 11.4 Å². The van der Waals surface area contributed by atoms with Crippen LogP contribution in [0.2, 0.25) is 0 Å². The van der Waals surface area contributed by atoms with Gasteiger partial charge in [0.2, 0.25) is 11.8 Å². The minimum Gasteiger partial charge on any atom is -0.326 e. The van der Waals surface area contributed by atoms with Crippen molar-refractivity contribution in [2.24, 2.45) is 0 Å². The van der Waals surface area contributed by atoms with Gasteiger partial charge in [-0.15, -0.1) is 0 Å². The minimum atomic E-state index is -0.263. The number of nitrogens with one attached hydrogen (secondary N) is 3. The third-order valence-corrected chi connectivity index (χ3v) is 3.34. The molecule has 0 aliphatic heterocycles. The molecular weight excluding hydrogens is 304 g/mol. The molecule has 3 N–H and O–H groups in total. The minimum absolute atomic E-state index is 0.108. The van der Waals surface area contributed by atoms with E-state index in [-0.39, 0.29) is 23.1 Å². The molecule has 1 aromatic heterocycles. The van der Waals surface area contributed by atoms with E-state index in [1.54, 1.807) is 24.3 Å². The zero-order chi connectivity index (χ0) is 15.9. The highest BCUT2D eigenvalue weighted by Crippen LogP contribution is 2.16. The van der Waals surface area contributed by atoms with Crippen molar-refractivity contribution in [1.29, 1.82) is 0 Å². The molecule has 7 nitrogen and oxygen atoms in total. The van der Waals surface area contributed by atoms with Crippen molar-refractivity contribution in [3.8, 4) is 0 Å². The van der Waals surface area contributed by atoms with Gasteiger partial charge in [0.1, 0.15) is 0 Å². The normalized spacial score (nSPS) is 10.0. The average Bonchev–Trinajstić information content (AvgIpc) is 2.45. The maximum Gasteiger partial charge on any atom is 0.251 e. The van der Waals surface area contributed by atoms with Crippen molar-refractivity contribution in [1.82, 2.24) is 9.97 Å². The van der Waals surface area contributed by atoms with Crippen LogP contribution in [0.25, 0.3) is 0 Å². The summed E-state index contributed by atoms with van der Waals surface area (Å²) in [6.07, 6.45) is 1.38. The largest absolute Gasteiger partial charge is 0.326 e. The molecule has 8 heteroatoms. The zero-order valence-corrected chi connectivity index (χ0v) is 12.6. The topological polar surface area (TPSA) is 104 Å². The van der Waals surface area contributed by atoms with Crippen LogP contribution in [-0.2, 0) is 9.59 Å². The van der Waals surface area contributed by atoms with Gasteiger partial charge in [-0.25, -0.2) is 4.98 Å². The summed E-state index contributed by atoms with van der Waals surface area (Å²) in [5, 5.41) is 5.73. The number of carbonyl (C=O) groups excluding carboxylic acids is 2. The molecular formula is C14H14N4O3S. The van der Waals surface area contributed by atoms with E-state index in [1.165, 1.54) is 19.2 Å². The summed E-state index contributed by atoms with van der Waals surface area (Å²) < 4.78 is 0. The molecule has 1 heterocycles. The van der Waals surface area contributed by atoms with Gasteiger partial charge in [-0.3, -0.25) is 14.4 Å². The average molecular weight is 318 g/mol. The SMILES string of the molecule is CC(=O)Nc1cccc(NC(=O)CSc2nccc(=O)[nH]2)c1. The molecule has 0 bridgehead atoms. The Balaban J connectivity index is 1.91. The molecule has 1 aromatic carbocycles. The van der Waals surface area contributed by atoms with Crippen molar-refractivity contribution in [3.63, 3.8) is 0 Å². The van der Waals surface area contributed by atoms with Gasteiger partial charge in [-0.1, -0.05) is 17.8 Å². The Morgan fingerprint density at radius 1 is 1.23 bits per heavy atom. The van der Waals surface area contributed by atoms with E-state index in [2.05, 4.69) is 20.6 Å². The van der Waals surface area contributed by atoms with Crippen LogP contribution in [0, 0.1) is 0 Å². The number of carbonyl (C=O) groups is 2. The Hall–Kier alpha value is -2.61. The summed E-state index contributed by atoms with van der Waals surface area (Å²) in [5.74, 6) is -0.313. The van der Waals surface area contributed by atoms with Gasteiger partial charge in [-0.05, 0) is 18.2 Å². The third kappa shape index (κ3) is 5.06. The standard InChI is InChI=1S/C14H14N4O3S/c1-9(19)16-10-3-2-4-11(7-10)17-13(21)8-22-14-15-6-5-12(20)18-14/h2-7H,8H2,1H3,(H,16,19)(H,17,21)(H,15,18,20). The molecule has 0 saturated heterocycles. The summed E-state index contributed by atoms with van der Waals surface area (Å²) in [5.41, 5.74) is 0.916. The maximum atomic E-state index is 11.9. The lowest BCUT2D eigenvalue weighted by Gasteiger charge is -2.07. The fourth-order valence-corrected chi connectivity index (χ4v) is 2.28. The van der Waals surface area contributed by atoms with Crippen molar-refractivity contribution < 1.29 is 9.59 Å². The van der Waals surface area contributed by atoms with Gasteiger partial charge in [0.25, 0.3) is 5.56 Å². The van der Waals surface area contributed by atoms with E-state index in [9.17, 15) is 14.4 Å². The van der Waals surface area contributed by atoms with E-state index < -0.39 is 0 Å². The van der Waals surface area contributed by atoms with Crippen molar-refractivity contribution in [2.45, 2.75) is 12.1 Å². The fraction of sp³-hybridized carbons (Fsp3) is 0.143. The molecule has 0 aliphatic carbocycles. The van der Waals surface area contributed by atoms with E-state index in [0.717, 1.165) is 11.8 Å². The van der Waals surface area contributed by atoms with Gasteiger partial charge in [0, 0.05) is 30.6 Å². The molecule has 0 unspecified atom stereocenters. The Kier molecular flexibility index (Phi) is 5.31. The predicted molar refractivity (Wildman–Crippen MR) is 85.0 cm³/mol. The lowest BCUT2D eigenvalue weighted by Crippen LogP contribution is -2.15. The molecule has 0 fully saturated rings. The number of hydrogen-bond acceptors (Lipinski definition) is 5. The van der Waals surface area contributed by atoms with Gasteiger partial charge < -0.3 is 15.6 Å². The number of aromatic amines is 1. The monoisotopic (exact) mass is 318 g/mol. The van der Waals surface area contributed by atoms with E-state index in [1.807, 2.05) is 0 Å². The third-order valence-electron chi connectivity index (χ3n) is 2.45. The molecule has 0 aliphatic rings. The Labute approximate surface area is 130 Å². The zero-order valence-electron chi connectivity index (χ0n) is 11.8. The van der Waals surface area contributed by atoms with Gasteiger partial charge in [0.05, 0.1) is 5.75 Å². The number of H-pyrrole nitrogens is 1. The first-order valence-corrected chi connectivity index (χ1v) is 7.37.